The lowest BCUT2D eigenvalue weighted by Gasteiger charge is -2.15. The number of aryl methyl sites for hydroxylation is 1. The quantitative estimate of drug-likeness (QED) is 0.764. The van der Waals surface area contributed by atoms with Gasteiger partial charge in [-0.05, 0) is 25.0 Å². The summed E-state index contributed by atoms with van der Waals surface area (Å²) in [7, 11) is 2.02. The molecular weight excluding hydrogens is 270 g/mol. The topological polar surface area (TPSA) is 29.9 Å². The highest BCUT2D eigenvalue weighted by Crippen LogP contribution is 2.34. The number of hydrogen-bond donors (Lipinski definition) is 1. The van der Waals surface area contributed by atoms with E-state index in [-0.39, 0.29) is 0 Å². The summed E-state index contributed by atoms with van der Waals surface area (Å²) in [5.41, 5.74) is 4.64. The van der Waals surface area contributed by atoms with Crippen molar-refractivity contribution in [2.24, 2.45) is 7.05 Å². The lowest BCUT2D eigenvalue weighted by atomic mass is 10.1. The Morgan fingerprint density at radius 2 is 1.77 bits per heavy atom. The molecule has 2 aromatic carbocycles. The van der Waals surface area contributed by atoms with Crippen LogP contribution in [0.2, 0.25) is 0 Å². The highest BCUT2D eigenvalue weighted by atomic mass is 15.3. The van der Waals surface area contributed by atoms with Gasteiger partial charge in [-0.15, -0.1) is 0 Å². The van der Waals surface area contributed by atoms with Crippen LogP contribution in [0.3, 0.4) is 0 Å². The van der Waals surface area contributed by atoms with Gasteiger partial charge in [0.25, 0.3) is 0 Å². The standard InChI is InChI=1S/C19H21N3/c1-22-17-13-7-12-16(20-15-10-5-6-11-15)18(17)19(21-22)14-8-3-2-4-9-14/h2-4,7-9,12-13,15,20H,5-6,10-11H2,1H3. The Morgan fingerprint density at radius 1 is 1.00 bits per heavy atom. The fourth-order valence-electron chi connectivity index (χ4n) is 3.52. The van der Waals surface area contributed by atoms with Crippen molar-refractivity contribution < 1.29 is 0 Å². The molecule has 1 saturated carbocycles. The van der Waals surface area contributed by atoms with E-state index in [1.54, 1.807) is 0 Å². The van der Waals surface area contributed by atoms with E-state index in [0.29, 0.717) is 6.04 Å². The van der Waals surface area contributed by atoms with E-state index in [2.05, 4.69) is 47.8 Å². The molecule has 1 N–H and O–H groups in total. The van der Waals surface area contributed by atoms with E-state index < -0.39 is 0 Å². The molecule has 0 aliphatic heterocycles. The summed E-state index contributed by atoms with van der Waals surface area (Å²) in [5, 5.41) is 9.76. The molecule has 0 amide bonds. The van der Waals surface area contributed by atoms with Crippen molar-refractivity contribution in [2.45, 2.75) is 31.7 Å². The molecule has 0 radical (unpaired) electrons. The number of aromatic nitrogens is 2. The Labute approximate surface area is 131 Å². The van der Waals surface area contributed by atoms with Crippen molar-refractivity contribution >= 4 is 16.6 Å². The average molecular weight is 291 g/mol. The van der Waals surface area contributed by atoms with Crippen LogP contribution >= 0.6 is 0 Å². The Hall–Kier alpha value is -2.29. The number of hydrogen-bond acceptors (Lipinski definition) is 2. The molecule has 4 rings (SSSR count). The van der Waals surface area contributed by atoms with Crippen molar-refractivity contribution in [1.29, 1.82) is 0 Å². The van der Waals surface area contributed by atoms with Gasteiger partial charge in [0, 0.05) is 24.3 Å². The summed E-state index contributed by atoms with van der Waals surface area (Å²) in [5.74, 6) is 0. The van der Waals surface area contributed by atoms with E-state index in [9.17, 15) is 0 Å². The van der Waals surface area contributed by atoms with Crippen LogP contribution in [0.25, 0.3) is 22.2 Å². The predicted molar refractivity (Wildman–Crippen MR) is 92.0 cm³/mol. The van der Waals surface area contributed by atoms with Crippen LogP contribution in [0.4, 0.5) is 5.69 Å². The monoisotopic (exact) mass is 291 g/mol. The maximum absolute atomic E-state index is 4.77. The van der Waals surface area contributed by atoms with E-state index in [1.165, 1.54) is 47.8 Å². The van der Waals surface area contributed by atoms with Crippen LogP contribution in [0.1, 0.15) is 25.7 Å². The third kappa shape index (κ3) is 2.27. The predicted octanol–water partition coefficient (Wildman–Crippen LogP) is 4.59. The van der Waals surface area contributed by atoms with Crippen molar-refractivity contribution in [3.63, 3.8) is 0 Å². The molecule has 3 heteroatoms. The number of nitrogens with zero attached hydrogens (tertiary/aromatic N) is 2. The first-order valence-electron chi connectivity index (χ1n) is 8.10. The number of nitrogens with one attached hydrogen (secondary N) is 1. The molecule has 1 heterocycles. The van der Waals surface area contributed by atoms with Gasteiger partial charge >= 0.3 is 0 Å². The molecule has 3 nitrogen and oxygen atoms in total. The fourth-order valence-corrected chi connectivity index (χ4v) is 3.52. The van der Waals surface area contributed by atoms with Gasteiger partial charge in [0.2, 0.25) is 0 Å². The highest BCUT2D eigenvalue weighted by molar-refractivity contribution is 6.02. The molecular formula is C19H21N3. The van der Waals surface area contributed by atoms with Crippen molar-refractivity contribution in [3.05, 3.63) is 48.5 Å². The van der Waals surface area contributed by atoms with Gasteiger partial charge in [-0.2, -0.15) is 5.10 Å². The second-order valence-electron chi connectivity index (χ2n) is 6.16. The van der Waals surface area contributed by atoms with Gasteiger partial charge in [0.1, 0.15) is 5.69 Å². The zero-order valence-corrected chi connectivity index (χ0v) is 12.9. The van der Waals surface area contributed by atoms with Crippen LogP contribution in [-0.2, 0) is 7.05 Å². The highest BCUT2D eigenvalue weighted by Gasteiger charge is 2.18. The van der Waals surface area contributed by atoms with Crippen LogP contribution in [-0.4, -0.2) is 15.8 Å². The zero-order valence-electron chi connectivity index (χ0n) is 12.9. The van der Waals surface area contributed by atoms with Gasteiger partial charge in [0.15, 0.2) is 0 Å². The average Bonchev–Trinajstić information content (AvgIpc) is 3.17. The molecule has 22 heavy (non-hydrogen) atoms. The molecule has 0 saturated heterocycles. The number of fused-ring (bicyclic) bond motifs is 1. The largest absolute Gasteiger partial charge is 0.382 e. The Bertz CT molecular complexity index is 783. The maximum atomic E-state index is 4.77. The van der Waals surface area contributed by atoms with Gasteiger partial charge < -0.3 is 5.32 Å². The van der Waals surface area contributed by atoms with Crippen LogP contribution in [0, 0.1) is 0 Å². The summed E-state index contributed by atoms with van der Waals surface area (Å²) >= 11 is 0. The van der Waals surface area contributed by atoms with Crippen LogP contribution in [0.15, 0.2) is 48.5 Å². The first kappa shape index (κ1) is 13.4. The second-order valence-corrected chi connectivity index (χ2v) is 6.16. The van der Waals surface area contributed by atoms with Crippen LogP contribution in [0.5, 0.6) is 0 Å². The first-order chi connectivity index (χ1) is 10.8. The molecule has 0 spiro atoms. The first-order valence-corrected chi connectivity index (χ1v) is 8.10. The minimum Gasteiger partial charge on any atom is -0.382 e. The number of rotatable bonds is 3. The van der Waals surface area contributed by atoms with Gasteiger partial charge in [-0.3, -0.25) is 4.68 Å². The molecule has 1 aromatic heterocycles. The van der Waals surface area contributed by atoms with E-state index in [4.69, 9.17) is 5.10 Å². The fraction of sp³-hybridized carbons (Fsp3) is 0.316. The Kier molecular flexibility index (Phi) is 3.34. The molecule has 3 aromatic rings. The third-order valence-electron chi connectivity index (χ3n) is 4.64. The lowest BCUT2D eigenvalue weighted by molar-refractivity contribution is 0.756. The normalized spacial score (nSPS) is 15.5. The van der Waals surface area contributed by atoms with Gasteiger partial charge in [-0.25, -0.2) is 0 Å². The second kappa shape index (κ2) is 5.48. The molecule has 1 aliphatic rings. The molecule has 1 aliphatic carbocycles. The van der Waals surface area contributed by atoms with Crippen LogP contribution < -0.4 is 5.32 Å². The van der Waals surface area contributed by atoms with E-state index in [1.807, 2.05) is 17.8 Å². The van der Waals surface area contributed by atoms with Gasteiger partial charge in [0.05, 0.1) is 10.9 Å². The summed E-state index contributed by atoms with van der Waals surface area (Å²) in [6, 6.07) is 17.5. The molecule has 1 fully saturated rings. The number of anilines is 1. The smallest absolute Gasteiger partial charge is 0.102 e. The SMILES string of the molecule is Cn1nc(-c2ccccc2)c2c(NC3CCCC3)cccc21. The zero-order chi connectivity index (χ0) is 14.9. The Balaban J connectivity index is 1.86. The molecule has 0 unspecified atom stereocenters. The summed E-state index contributed by atoms with van der Waals surface area (Å²) in [6.07, 6.45) is 5.23. The molecule has 0 bridgehead atoms. The molecule has 112 valence electrons. The lowest BCUT2D eigenvalue weighted by Crippen LogP contribution is -2.14. The van der Waals surface area contributed by atoms with Crippen molar-refractivity contribution in [2.75, 3.05) is 5.32 Å². The van der Waals surface area contributed by atoms with Crippen molar-refractivity contribution in [1.82, 2.24) is 9.78 Å². The number of benzene rings is 2. The van der Waals surface area contributed by atoms with E-state index in [0.717, 1.165) is 5.69 Å². The van der Waals surface area contributed by atoms with Gasteiger partial charge in [-0.1, -0.05) is 49.2 Å². The minimum atomic E-state index is 0.606. The van der Waals surface area contributed by atoms with Crippen molar-refractivity contribution in [3.8, 4) is 11.3 Å². The Morgan fingerprint density at radius 3 is 2.55 bits per heavy atom. The maximum Gasteiger partial charge on any atom is 0.102 e. The third-order valence-corrected chi connectivity index (χ3v) is 4.64. The summed E-state index contributed by atoms with van der Waals surface area (Å²) in [4.78, 5) is 0. The summed E-state index contributed by atoms with van der Waals surface area (Å²) < 4.78 is 1.98. The molecule has 0 atom stereocenters. The minimum absolute atomic E-state index is 0.606. The summed E-state index contributed by atoms with van der Waals surface area (Å²) in [6.45, 7) is 0. The van der Waals surface area contributed by atoms with E-state index >= 15 is 0 Å².